The first-order valence-corrected chi connectivity index (χ1v) is 6.03. The van der Waals surface area contributed by atoms with Gasteiger partial charge in [0.25, 0.3) is 5.60 Å². The Bertz CT molecular complexity index is 574. The van der Waals surface area contributed by atoms with Crippen molar-refractivity contribution >= 4 is 5.70 Å². The highest BCUT2D eigenvalue weighted by Crippen LogP contribution is 2.49. The summed E-state index contributed by atoms with van der Waals surface area (Å²) in [6.07, 6.45) is -11.9. The van der Waals surface area contributed by atoms with Crippen LogP contribution in [0.5, 0.6) is 0 Å². The van der Waals surface area contributed by atoms with E-state index in [9.17, 15) is 31.4 Å². The van der Waals surface area contributed by atoms with Crippen molar-refractivity contribution in [2.45, 2.75) is 24.9 Å². The highest BCUT2D eigenvalue weighted by molar-refractivity contribution is 5.70. The Hall–Kier alpha value is -1.74. The van der Waals surface area contributed by atoms with Crippen LogP contribution in [0.1, 0.15) is 11.1 Å². The summed E-state index contributed by atoms with van der Waals surface area (Å²) in [5.41, 5.74) is -4.02. The maximum absolute atomic E-state index is 12.9. The summed E-state index contributed by atoms with van der Waals surface area (Å²) in [4.78, 5) is 4.51. The number of hydrogen-bond acceptors (Lipinski definition) is 3. The average Bonchev–Trinajstić information content (AvgIpc) is 2.85. The summed E-state index contributed by atoms with van der Waals surface area (Å²) in [5, 5.41) is 9.44. The fourth-order valence-electron chi connectivity index (χ4n) is 2.06. The Morgan fingerprint density at radius 3 is 1.95 bits per heavy atom. The van der Waals surface area contributed by atoms with Crippen molar-refractivity contribution in [3.63, 3.8) is 0 Å². The highest BCUT2D eigenvalue weighted by Gasteiger charge is 2.73. The number of hydroxylamine groups is 1. The molecule has 0 aliphatic carbocycles. The van der Waals surface area contributed by atoms with Crippen LogP contribution in [0.25, 0.3) is 5.70 Å². The van der Waals surface area contributed by atoms with Crippen LogP contribution in [0.3, 0.4) is 0 Å². The third-order valence-corrected chi connectivity index (χ3v) is 3.29. The maximum atomic E-state index is 12.9. The molecular formula is C13H11F6NO2. The molecule has 1 aromatic carbocycles. The molecule has 1 heterocycles. The maximum Gasteiger partial charge on any atom is 0.430 e. The molecular weight excluding hydrogens is 316 g/mol. The van der Waals surface area contributed by atoms with Crippen LogP contribution in [0, 0.1) is 6.92 Å². The first-order valence-electron chi connectivity index (χ1n) is 6.03. The number of benzene rings is 1. The minimum absolute atomic E-state index is 0.0463. The third kappa shape index (κ3) is 2.54. The lowest BCUT2D eigenvalue weighted by Crippen LogP contribution is -2.58. The Labute approximate surface area is 121 Å². The van der Waals surface area contributed by atoms with Gasteiger partial charge in [0.05, 0.1) is 5.70 Å². The number of rotatable bonds is 2. The molecule has 0 amide bonds. The molecule has 0 bridgehead atoms. The zero-order chi connectivity index (χ0) is 16.8. The molecule has 9 heteroatoms. The summed E-state index contributed by atoms with van der Waals surface area (Å²) in [7, 11) is 0. The molecule has 22 heavy (non-hydrogen) atoms. The van der Waals surface area contributed by atoms with Crippen molar-refractivity contribution in [2.75, 3.05) is 6.61 Å². The minimum Gasteiger partial charge on any atom is -0.370 e. The molecule has 1 aliphatic rings. The van der Waals surface area contributed by atoms with Crippen molar-refractivity contribution in [3.8, 4) is 0 Å². The van der Waals surface area contributed by atoms with E-state index >= 15 is 0 Å². The normalized spacial score (nSPS) is 16.9. The molecule has 122 valence electrons. The van der Waals surface area contributed by atoms with E-state index in [0.717, 1.165) is 5.56 Å². The Morgan fingerprint density at radius 2 is 1.50 bits per heavy atom. The molecule has 0 radical (unpaired) electrons. The molecule has 0 saturated heterocycles. The lowest BCUT2D eigenvalue weighted by Gasteiger charge is -2.33. The Kier molecular flexibility index (Phi) is 3.90. The van der Waals surface area contributed by atoms with Gasteiger partial charge in [-0.1, -0.05) is 29.8 Å². The van der Waals surface area contributed by atoms with Gasteiger partial charge in [0.1, 0.15) is 6.61 Å². The SMILES string of the molecule is Cc1ccc(C2=C(C(O)(C(F)(F)F)C(F)(F)F)CON2)cc1. The lowest BCUT2D eigenvalue weighted by atomic mass is 9.89. The number of hydrogen-bond donors (Lipinski definition) is 2. The second-order valence-corrected chi connectivity index (χ2v) is 4.82. The van der Waals surface area contributed by atoms with Crippen molar-refractivity contribution in [1.82, 2.24) is 5.48 Å². The summed E-state index contributed by atoms with van der Waals surface area (Å²) in [6, 6.07) is 5.69. The standard InChI is InChI=1S/C13H11F6NO2/c1-7-2-4-8(5-3-7)10-9(6-22-20-10)11(21,12(14,15)16)13(17,18)19/h2-5,20-21H,6H2,1H3. The van der Waals surface area contributed by atoms with Crippen molar-refractivity contribution < 1.29 is 36.3 Å². The lowest BCUT2D eigenvalue weighted by molar-refractivity contribution is -0.352. The second kappa shape index (κ2) is 5.17. The fourth-order valence-corrected chi connectivity index (χ4v) is 2.06. The molecule has 2 rings (SSSR count). The number of aliphatic hydroxyl groups is 1. The van der Waals surface area contributed by atoms with Crippen molar-refractivity contribution in [2.24, 2.45) is 0 Å². The second-order valence-electron chi connectivity index (χ2n) is 4.82. The number of nitrogens with one attached hydrogen (secondary N) is 1. The number of aryl methyl sites for hydroxylation is 1. The molecule has 3 nitrogen and oxygen atoms in total. The van der Waals surface area contributed by atoms with Gasteiger partial charge in [-0.15, -0.1) is 0 Å². The fraction of sp³-hybridized carbons (Fsp3) is 0.385. The largest absolute Gasteiger partial charge is 0.430 e. The molecule has 0 saturated carbocycles. The Balaban J connectivity index is 2.64. The quantitative estimate of drug-likeness (QED) is 0.820. The van der Waals surface area contributed by atoms with Crippen molar-refractivity contribution in [1.29, 1.82) is 0 Å². The molecule has 0 spiro atoms. The van der Waals surface area contributed by atoms with Crippen molar-refractivity contribution in [3.05, 3.63) is 41.0 Å². The predicted molar refractivity (Wildman–Crippen MR) is 64.2 cm³/mol. The predicted octanol–water partition coefficient (Wildman–Crippen LogP) is 3.10. The number of halogens is 6. The average molecular weight is 327 g/mol. The topological polar surface area (TPSA) is 41.5 Å². The Morgan fingerprint density at radius 1 is 1.00 bits per heavy atom. The van der Waals surface area contributed by atoms with E-state index in [2.05, 4.69) is 4.84 Å². The number of alkyl halides is 6. The molecule has 2 N–H and O–H groups in total. The van der Waals surface area contributed by atoms with Crippen LogP contribution in [0.15, 0.2) is 29.8 Å². The van der Waals surface area contributed by atoms with Crippen LogP contribution in [-0.2, 0) is 4.84 Å². The zero-order valence-corrected chi connectivity index (χ0v) is 11.1. The van der Waals surface area contributed by atoms with E-state index in [-0.39, 0.29) is 5.56 Å². The van der Waals surface area contributed by atoms with E-state index in [1.54, 1.807) is 6.92 Å². The smallest absolute Gasteiger partial charge is 0.370 e. The van der Waals surface area contributed by atoms with Gasteiger partial charge in [0.2, 0.25) is 0 Å². The molecule has 1 aliphatic heterocycles. The molecule has 0 aromatic heterocycles. The zero-order valence-electron chi connectivity index (χ0n) is 11.1. The van der Waals surface area contributed by atoms with Gasteiger partial charge in [-0.3, -0.25) is 10.3 Å². The molecule has 1 aromatic rings. The van der Waals surface area contributed by atoms with Crippen LogP contribution in [-0.4, -0.2) is 29.7 Å². The summed E-state index contributed by atoms with van der Waals surface area (Å²) in [5.74, 6) is 0. The van der Waals surface area contributed by atoms with Gasteiger partial charge in [-0.05, 0) is 6.92 Å². The third-order valence-electron chi connectivity index (χ3n) is 3.29. The van der Waals surface area contributed by atoms with Crippen LogP contribution < -0.4 is 5.48 Å². The highest BCUT2D eigenvalue weighted by atomic mass is 19.4. The summed E-state index contributed by atoms with van der Waals surface area (Å²) >= 11 is 0. The summed E-state index contributed by atoms with van der Waals surface area (Å²) in [6.45, 7) is 0.665. The molecule has 0 fully saturated rings. The van der Waals surface area contributed by atoms with Gasteiger partial charge in [0, 0.05) is 11.1 Å². The minimum atomic E-state index is -5.94. The van der Waals surface area contributed by atoms with E-state index in [4.69, 9.17) is 0 Å². The first-order chi connectivity index (χ1) is 9.98. The summed E-state index contributed by atoms with van der Waals surface area (Å²) < 4.78 is 77.5. The van der Waals surface area contributed by atoms with Gasteiger partial charge < -0.3 is 5.11 Å². The molecule has 0 atom stereocenters. The van der Waals surface area contributed by atoms with Crippen LogP contribution in [0.2, 0.25) is 0 Å². The van der Waals surface area contributed by atoms with E-state index in [1.165, 1.54) is 24.3 Å². The van der Waals surface area contributed by atoms with Gasteiger partial charge in [-0.2, -0.15) is 26.3 Å². The van der Waals surface area contributed by atoms with Gasteiger partial charge >= 0.3 is 12.4 Å². The first kappa shape index (κ1) is 16.6. The van der Waals surface area contributed by atoms with E-state index in [0.29, 0.717) is 0 Å². The van der Waals surface area contributed by atoms with Gasteiger partial charge in [-0.25, -0.2) is 0 Å². The van der Waals surface area contributed by atoms with E-state index < -0.39 is 35.8 Å². The van der Waals surface area contributed by atoms with Crippen LogP contribution in [0.4, 0.5) is 26.3 Å². The van der Waals surface area contributed by atoms with E-state index in [1.807, 2.05) is 5.48 Å². The van der Waals surface area contributed by atoms with Crippen LogP contribution >= 0.6 is 0 Å². The molecule has 0 unspecified atom stereocenters. The van der Waals surface area contributed by atoms with Gasteiger partial charge in [0.15, 0.2) is 0 Å². The monoisotopic (exact) mass is 327 g/mol.